The summed E-state index contributed by atoms with van der Waals surface area (Å²) in [5.41, 5.74) is -0.0529. The van der Waals surface area contributed by atoms with E-state index in [0.717, 1.165) is 0 Å². The van der Waals surface area contributed by atoms with E-state index in [9.17, 15) is 9.18 Å². The maximum atomic E-state index is 13.6. The van der Waals surface area contributed by atoms with Crippen LogP contribution in [-0.4, -0.2) is 36.6 Å². The molecule has 1 unspecified atom stereocenters. The molecule has 92 valence electrons. The lowest BCUT2D eigenvalue weighted by Gasteiger charge is -2.33. The SMILES string of the molecule is CC1COCCN1C(=O)c1c(F)cccc1Cl. The molecule has 1 heterocycles. The fourth-order valence-corrected chi connectivity index (χ4v) is 2.12. The second-order valence-electron chi connectivity index (χ2n) is 4.02. The number of hydrogen-bond acceptors (Lipinski definition) is 2. The highest BCUT2D eigenvalue weighted by atomic mass is 35.5. The van der Waals surface area contributed by atoms with E-state index in [1.54, 1.807) is 4.90 Å². The number of rotatable bonds is 1. The van der Waals surface area contributed by atoms with Gasteiger partial charge in [0.2, 0.25) is 0 Å². The molecule has 1 amide bonds. The number of carbonyl (C=O) groups excluding carboxylic acids is 1. The van der Waals surface area contributed by atoms with Crippen molar-refractivity contribution in [3.63, 3.8) is 0 Å². The van der Waals surface area contributed by atoms with Crippen molar-refractivity contribution in [2.45, 2.75) is 13.0 Å². The third kappa shape index (κ3) is 2.42. The van der Waals surface area contributed by atoms with E-state index < -0.39 is 5.82 Å². The summed E-state index contributed by atoms with van der Waals surface area (Å²) in [6, 6.07) is 4.18. The average molecular weight is 258 g/mol. The standard InChI is InChI=1S/C12H13ClFNO2/c1-8-7-17-6-5-15(8)12(16)11-9(13)3-2-4-10(11)14/h2-4,8H,5-7H2,1H3. The van der Waals surface area contributed by atoms with E-state index in [-0.39, 0.29) is 22.5 Å². The zero-order valence-electron chi connectivity index (χ0n) is 9.45. The Kier molecular flexibility index (Phi) is 3.64. The van der Waals surface area contributed by atoms with Crippen LogP contribution < -0.4 is 0 Å². The van der Waals surface area contributed by atoms with Gasteiger partial charge in [0.25, 0.3) is 5.91 Å². The van der Waals surface area contributed by atoms with Gasteiger partial charge >= 0.3 is 0 Å². The van der Waals surface area contributed by atoms with Crippen molar-refractivity contribution in [3.8, 4) is 0 Å². The van der Waals surface area contributed by atoms with Crippen molar-refractivity contribution in [1.82, 2.24) is 4.90 Å². The molecule has 1 atom stereocenters. The van der Waals surface area contributed by atoms with Crippen LogP contribution in [0.4, 0.5) is 4.39 Å². The van der Waals surface area contributed by atoms with E-state index in [2.05, 4.69) is 0 Å². The highest BCUT2D eigenvalue weighted by molar-refractivity contribution is 6.33. The van der Waals surface area contributed by atoms with Gasteiger partial charge in [-0.05, 0) is 19.1 Å². The van der Waals surface area contributed by atoms with Gasteiger partial charge in [-0.15, -0.1) is 0 Å². The molecular weight excluding hydrogens is 245 g/mol. The number of nitrogens with zero attached hydrogens (tertiary/aromatic N) is 1. The molecule has 1 saturated heterocycles. The number of hydrogen-bond donors (Lipinski definition) is 0. The number of carbonyl (C=O) groups is 1. The third-order valence-corrected chi connectivity index (χ3v) is 3.12. The van der Waals surface area contributed by atoms with Gasteiger partial charge in [0.15, 0.2) is 0 Å². The zero-order chi connectivity index (χ0) is 12.4. The number of benzene rings is 1. The van der Waals surface area contributed by atoms with Crippen molar-refractivity contribution >= 4 is 17.5 Å². The van der Waals surface area contributed by atoms with Crippen LogP contribution in [-0.2, 0) is 4.74 Å². The molecular formula is C12H13ClFNO2. The molecule has 1 aromatic rings. The van der Waals surface area contributed by atoms with Crippen LogP contribution in [0.1, 0.15) is 17.3 Å². The van der Waals surface area contributed by atoms with Gasteiger partial charge in [-0.1, -0.05) is 17.7 Å². The summed E-state index contributed by atoms with van der Waals surface area (Å²) in [7, 11) is 0. The Morgan fingerprint density at radius 1 is 1.59 bits per heavy atom. The van der Waals surface area contributed by atoms with Gasteiger partial charge < -0.3 is 9.64 Å². The summed E-state index contributed by atoms with van der Waals surface area (Å²) in [5.74, 6) is -0.954. The molecule has 2 rings (SSSR count). The summed E-state index contributed by atoms with van der Waals surface area (Å²) < 4.78 is 18.9. The first-order valence-electron chi connectivity index (χ1n) is 5.44. The molecule has 0 saturated carbocycles. The molecule has 5 heteroatoms. The first kappa shape index (κ1) is 12.3. The van der Waals surface area contributed by atoms with Crippen LogP contribution in [0.2, 0.25) is 5.02 Å². The largest absolute Gasteiger partial charge is 0.377 e. The lowest BCUT2D eigenvalue weighted by Crippen LogP contribution is -2.47. The smallest absolute Gasteiger partial charge is 0.258 e. The van der Waals surface area contributed by atoms with Crippen LogP contribution in [0.3, 0.4) is 0 Å². The lowest BCUT2D eigenvalue weighted by molar-refractivity contribution is 0.00336. The van der Waals surface area contributed by atoms with Gasteiger partial charge in [-0.25, -0.2) is 4.39 Å². The predicted molar refractivity (Wildman–Crippen MR) is 62.7 cm³/mol. The first-order chi connectivity index (χ1) is 8.11. The Labute approximate surface area is 104 Å². The minimum absolute atomic E-state index is 0.0529. The third-order valence-electron chi connectivity index (χ3n) is 2.81. The van der Waals surface area contributed by atoms with Crippen molar-refractivity contribution < 1.29 is 13.9 Å². The number of morpholine rings is 1. The quantitative estimate of drug-likeness (QED) is 0.773. The molecule has 0 spiro atoms. The monoisotopic (exact) mass is 257 g/mol. The van der Waals surface area contributed by atoms with E-state index in [1.807, 2.05) is 6.92 Å². The molecule has 3 nitrogen and oxygen atoms in total. The molecule has 1 aromatic carbocycles. The number of amides is 1. The average Bonchev–Trinajstić information content (AvgIpc) is 2.29. The van der Waals surface area contributed by atoms with Crippen molar-refractivity contribution in [3.05, 3.63) is 34.6 Å². The van der Waals surface area contributed by atoms with Crippen molar-refractivity contribution in [1.29, 1.82) is 0 Å². The highest BCUT2D eigenvalue weighted by Gasteiger charge is 2.27. The van der Waals surface area contributed by atoms with Gasteiger partial charge in [-0.2, -0.15) is 0 Å². The topological polar surface area (TPSA) is 29.5 Å². The van der Waals surface area contributed by atoms with Crippen molar-refractivity contribution in [2.75, 3.05) is 19.8 Å². The van der Waals surface area contributed by atoms with E-state index in [1.165, 1.54) is 18.2 Å². The Balaban J connectivity index is 2.30. The predicted octanol–water partition coefficient (Wildman–Crippen LogP) is 2.34. The van der Waals surface area contributed by atoms with Crippen LogP contribution in [0.25, 0.3) is 0 Å². The fraction of sp³-hybridized carbons (Fsp3) is 0.417. The maximum Gasteiger partial charge on any atom is 0.258 e. The summed E-state index contributed by atoms with van der Waals surface area (Å²) in [4.78, 5) is 13.8. The molecule has 1 fully saturated rings. The van der Waals surface area contributed by atoms with Crippen LogP contribution in [0.15, 0.2) is 18.2 Å². The van der Waals surface area contributed by atoms with Gasteiger partial charge in [0.05, 0.1) is 29.8 Å². The number of halogens is 2. The Hall–Kier alpha value is -1.13. The van der Waals surface area contributed by atoms with Gasteiger partial charge in [0, 0.05) is 6.54 Å². The molecule has 0 aromatic heterocycles. The second kappa shape index (κ2) is 5.02. The molecule has 17 heavy (non-hydrogen) atoms. The molecule has 1 aliphatic rings. The Bertz CT molecular complexity index is 418. The van der Waals surface area contributed by atoms with Crippen LogP contribution in [0, 0.1) is 5.82 Å². The minimum Gasteiger partial charge on any atom is -0.377 e. The highest BCUT2D eigenvalue weighted by Crippen LogP contribution is 2.22. The van der Waals surface area contributed by atoms with Crippen LogP contribution in [0.5, 0.6) is 0 Å². The molecule has 0 bridgehead atoms. The van der Waals surface area contributed by atoms with Gasteiger partial charge in [0.1, 0.15) is 5.82 Å². The summed E-state index contributed by atoms with van der Waals surface area (Å²) in [6.07, 6.45) is 0. The molecule has 0 aliphatic carbocycles. The Morgan fingerprint density at radius 3 is 3.00 bits per heavy atom. The van der Waals surface area contributed by atoms with E-state index >= 15 is 0 Å². The minimum atomic E-state index is -0.582. The molecule has 1 aliphatic heterocycles. The van der Waals surface area contributed by atoms with Gasteiger partial charge in [-0.3, -0.25) is 4.79 Å². The van der Waals surface area contributed by atoms with Crippen LogP contribution >= 0.6 is 11.6 Å². The molecule has 0 radical (unpaired) electrons. The summed E-state index contributed by atoms with van der Waals surface area (Å²) in [5, 5.41) is 0.147. The number of ether oxygens (including phenoxy) is 1. The maximum absolute atomic E-state index is 13.6. The van der Waals surface area contributed by atoms with Crippen molar-refractivity contribution in [2.24, 2.45) is 0 Å². The molecule has 0 N–H and O–H groups in total. The summed E-state index contributed by atoms with van der Waals surface area (Å²) in [6.45, 7) is 3.27. The first-order valence-corrected chi connectivity index (χ1v) is 5.82. The fourth-order valence-electron chi connectivity index (χ4n) is 1.87. The van der Waals surface area contributed by atoms with E-state index in [0.29, 0.717) is 19.8 Å². The lowest BCUT2D eigenvalue weighted by atomic mass is 10.1. The second-order valence-corrected chi connectivity index (χ2v) is 4.43. The normalized spacial score (nSPS) is 20.4. The summed E-state index contributed by atoms with van der Waals surface area (Å²) >= 11 is 5.87. The zero-order valence-corrected chi connectivity index (χ0v) is 10.2. The van der Waals surface area contributed by atoms with E-state index in [4.69, 9.17) is 16.3 Å². The Morgan fingerprint density at radius 2 is 2.35 bits per heavy atom.